The molecule has 2 N–H and O–H groups in total. The molecular weight excluding hydrogens is 276 g/mol. The molecule has 8 heteroatoms. The third kappa shape index (κ3) is 2.42. The van der Waals surface area contributed by atoms with E-state index in [-0.39, 0.29) is 5.69 Å². The fourth-order valence-electron chi connectivity index (χ4n) is 2.00. The third-order valence-corrected chi connectivity index (χ3v) is 3.91. The first-order valence-electron chi connectivity index (χ1n) is 6.23. The number of aromatic amines is 1. The Morgan fingerprint density at radius 2 is 2.25 bits per heavy atom. The van der Waals surface area contributed by atoms with Crippen LogP contribution >= 0.6 is 11.3 Å². The summed E-state index contributed by atoms with van der Waals surface area (Å²) in [6.07, 6.45) is 0.845. The summed E-state index contributed by atoms with van der Waals surface area (Å²) in [5.41, 5.74) is 1.35. The van der Waals surface area contributed by atoms with Gasteiger partial charge in [0.2, 0.25) is 0 Å². The normalized spacial score (nSPS) is 11.1. The van der Waals surface area contributed by atoms with E-state index in [1.54, 1.807) is 24.3 Å². The maximum Gasteiger partial charge on any atom is 0.349 e. The summed E-state index contributed by atoms with van der Waals surface area (Å²) in [4.78, 5) is 20.2. The van der Waals surface area contributed by atoms with Crippen molar-refractivity contribution in [1.82, 2.24) is 24.6 Å². The summed E-state index contributed by atoms with van der Waals surface area (Å²) >= 11 is 1.66. The molecule has 7 nitrogen and oxygen atoms in total. The van der Waals surface area contributed by atoms with Crippen molar-refractivity contribution in [3.05, 3.63) is 38.5 Å². The van der Waals surface area contributed by atoms with Crippen molar-refractivity contribution in [2.75, 3.05) is 11.9 Å². The Bertz CT molecular complexity index is 802. The number of hydrogen-bond donors (Lipinski definition) is 2. The molecule has 104 valence electrons. The molecule has 0 aromatic carbocycles. The number of rotatable bonds is 4. The molecule has 0 atom stereocenters. The number of nitrogens with zero attached hydrogens (tertiary/aromatic N) is 4. The summed E-state index contributed by atoms with van der Waals surface area (Å²) in [6, 6.07) is 1.75. The molecule has 0 radical (unpaired) electrons. The van der Waals surface area contributed by atoms with E-state index in [0.29, 0.717) is 17.3 Å². The van der Waals surface area contributed by atoms with Gasteiger partial charge in [-0.25, -0.2) is 24.3 Å². The molecule has 3 rings (SSSR count). The van der Waals surface area contributed by atoms with Gasteiger partial charge in [-0.05, 0) is 13.8 Å². The first-order valence-corrected chi connectivity index (χ1v) is 7.11. The molecule has 0 aliphatic rings. The molecule has 0 aliphatic carbocycles. The summed E-state index contributed by atoms with van der Waals surface area (Å²) in [5.74, 6) is 1.32. The summed E-state index contributed by atoms with van der Waals surface area (Å²) < 4.78 is 1.44. The average molecular weight is 290 g/mol. The lowest BCUT2D eigenvalue weighted by Gasteiger charge is -2.06. The van der Waals surface area contributed by atoms with Crippen LogP contribution in [0.4, 0.5) is 5.82 Å². The molecule has 0 amide bonds. The second-order valence-corrected chi connectivity index (χ2v) is 5.41. The Hall–Kier alpha value is -2.22. The maximum atomic E-state index is 11.5. The van der Waals surface area contributed by atoms with Gasteiger partial charge in [-0.1, -0.05) is 0 Å². The minimum absolute atomic E-state index is 0.269. The lowest BCUT2D eigenvalue weighted by molar-refractivity contribution is 0.922. The number of nitrogens with one attached hydrogen (secondary N) is 2. The van der Waals surface area contributed by atoms with Gasteiger partial charge in [-0.2, -0.15) is 5.10 Å². The minimum Gasteiger partial charge on any atom is -0.369 e. The van der Waals surface area contributed by atoms with Crippen LogP contribution in [0.3, 0.4) is 0 Å². The SMILES string of the molecule is Cc1csc(CCNc2cc3n[nH]c(=O)n3c(C)n2)n1. The van der Waals surface area contributed by atoms with E-state index < -0.39 is 0 Å². The molecule has 3 heterocycles. The fourth-order valence-corrected chi connectivity index (χ4v) is 2.78. The standard InChI is InChI=1S/C12H14N6OS/c1-7-6-20-11(14-7)3-4-13-9-5-10-16-17-12(19)18(10)8(2)15-9/h5-6,13H,3-4H2,1-2H3,(H,17,19). The third-order valence-electron chi connectivity index (χ3n) is 2.88. The van der Waals surface area contributed by atoms with Gasteiger partial charge in [0.05, 0.1) is 5.01 Å². The van der Waals surface area contributed by atoms with E-state index in [0.717, 1.165) is 23.7 Å². The van der Waals surface area contributed by atoms with Crippen LogP contribution in [0.1, 0.15) is 16.5 Å². The highest BCUT2D eigenvalue weighted by molar-refractivity contribution is 7.09. The van der Waals surface area contributed by atoms with Crippen LogP contribution < -0.4 is 11.0 Å². The van der Waals surface area contributed by atoms with Crippen molar-refractivity contribution < 1.29 is 0 Å². The van der Waals surface area contributed by atoms with Crippen molar-refractivity contribution in [3.8, 4) is 0 Å². The summed E-state index contributed by atoms with van der Waals surface area (Å²) in [7, 11) is 0. The van der Waals surface area contributed by atoms with Crippen molar-refractivity contribution >= 4 is 22.8 Å². The smallest absolute Gasteiger partial charge is 0.349 e. The monoisotopic (exact) mass is 290 g/mol. The highest BCUT2D eigenvalue weighted by Crippen LogP contribution is 2.11. The number of aromatic nitrogens is 5. The molecule has 0 spiro atoms. The number of hydrogen-bond acceptors (Lipinski definition) is 6. The number of aryl methyl sites for hydroxylation is 2. The van der Waals surface area contributed by atoms with Crippen molar-refractivity contribution in [3.63, 3.8) is 0 Å². The van der Waals surface area contributed by atoms with Gasteiger partial charge in [0.15, 0.2) is 5.65 Å². The van der Waals surface area contributed by atoms with Crippen molar-refractivity contribution in [1.29, 1.82) is 0 Å². The highest BCUT2D eigenvalue weighted by atomic mass is 32.1. The molecule has 3 aromatic heterocycles. The van der Waals surface area contributed by atoms with Crippen LogP contribution in [0, 0.1) is 13.8 Å². The molecular formula is C12H14N6OS. The predicted octanol–water partition coefficient (Wildman–Crippen LogP) is 1.15. The molecule has 0 saturated carbocycles. The second-order valence-electron chi connectivity index (χ2n) is 4.47. The van der Waals surface area contributed by atoms with Gasteiger partial charge >= 0.3 is 5.69 Å². The lowest BCUT2D eigenvalue weighted by atomic mass is 10.4. The van der Waals surface area contributed by atoms with Crippen LogP contribution in [-0.2, 0) is 6.42 Å². The van der Waals surface area contributed by atoms with Crippen LogP contribution in [0.2, 0.25) is 0 Å². The highest BCUT2D eigenvalue weighted by Gasteiger charge is 2.06. The van der Waals surface area contributed by atoms with Gasteiger partial charge < -0.3 is 5.32 Å². The van der Waals surface area contributed by atoms with Crippen molar-refractivity contribution in [2.24, 2.45) is 0 Å². The van der Waals surface area contributed by atoms with E-state index in [1.165, 1.54) is 4.40 Å². The lowest BCUT2D eigenvalue weighted by Crippen LogP contribution is -2.14. The average Bonchev–Trinajstić information content (AvgIpc) is 2.97. The van der Waals surface area contributed by atoms with Crippen LogP contribution in [0.5, 0.6) is 0 Å². The zero-order chi connectivity index (χ0) is 14.1. The number of thiazole rings is 1. The Morgan fingerprint density at radius 3 is 3.00 bits per heavy atom. The number of anilines is 1. The second kappa shape index (κ2) is 5.04. The van der Waals surface area contributed by atoms with Gasteiger partial charge in [0, 0.05) is 30.1 Å². The molecule has 0 aliphatic heterocycles. The predicted molar refractivity (Wildman–Crippen MR) is 77.4 cm³/mol. The van der Waals surface area contributed by atoms with E-state index in [2.05, 4.69) is 25.5 Å². The fraction of sp³-hybridized carbons (Fsp3) is 0.333. The van der Waals surface area contributed by atoms with E-state index in [1.807, 2.05) is 12.3 Å². The quantitative estimate of drug-likeness (QED) is 0.752. The largest absolute Gasteiger partial charge is 0.369 e. The Kier molecular flexibility index (Phi) is 3.23. The van der Waals surface area contributed by atoms with Crippen LogP contribution in [0.15, 0.2) is 16.2 Å². The molecule has 0 bridgehead atoms. The van der Waals surface area contributed by atoms with E-state index >= 15 is 0 Å². The Balaban J connectivity index is 1.73. The molecule has 0 saturated heterocycles. The van der Waals surface area contributed by atoms with Gasteiger partial charge in [-0.3, -0.25) is 0 Å². The zero-order valence-electron chi connectivity index (χ0n) is 11.2. The van der Waals surface area contributed by atoms with E-state index in [4.69, 9.17) is 0 Å². The summed E-state index contributed by atoms with van der Waals surface area (Å²) in [5, 5.41) is 12.7. The Morgan fingerprint density at radius 1 is 1.40 bits per heavy atom. The van der Waals surface area contributed by atoms with Crippen LogP contribution in [-0.4, -0.2) is 31.1 Å². The van der Waals surface area contributed by atoms with Gasteiger partial charge in [0.1, 0.15) is 11.6 Å². The minimum atomic E-state index is -0.269. The maximum absolute atomic E-state index is 11.5. The number of H-pyrrole nitrogens is 1. The Labute approximate surface area is 118 Å². The molecule has 20 heavy (non-hydrogen) atoms. The van der Waals surface area contributed by atoms with Crippen LogP contribution in [0.25, 0.3) is 5.65 Å². The van der Waals surface area contributed by atoms with E-state index in [9.17, 15) is 4.79 Å². The zero-order valence-corrected chi connectivity index (χ0v) is 12.0. The molecule has 0 fully saturated rings. The number of fused-ring (bicyclic) bond motifs is 1. The van der Waals surface area contributed by atoms with Gasteiger partial charge in [0.25, 0.3) is 0 Å². The van der Waals surface area contributed by atoms with Crippen molar-refractivity contribution in [2.45, 2.75) is 20.3 Å². The molecule has 0 unspecified atom stereocenters. The first kappa shape index (κ1) is 12.8. The first-order chi connectivity index (χ1) is 9.63. The topological polar surface area (TPSA) is 88.0 Å². The molecule has 3 aromatic rings. The summed E-state index contributed by atoms with van der Waals surface area (Å²) in [6.45, 7) is 4.51. The van der Waals surface area contributed by atoms with Gasteiger partial charge in [-0.15, -0.1) is 11.3 Å².